The van der Waals surface area contributed by atoms with E-state index in [1.54, 1.807) is 30.3 Å². The fourth-order valence-corrected chi connectivity index (χ4v) is 4.42. The maximum Gasteiger partial charge on any atom is 0.296 e. The fraction of sp³-hybridized carbons (Fsp3) is 0.125. The van der Waals surface area contributed by atoms with Crippen molar-refractivity contribution in [1.82, 2.24) is 4.98 Å². The Labute approximate surface area is 196 Å². The van der Waals surface area contributed by atoms with Crippen LogP contribution in [0.5, 0.6) is 5.75 Å². The number of carbonyl (C=O) groups is 1. The molecule has 0 saturated carbocycles. The van der Waals surface area contributed by atoms with E-state index in [2.05, 4.69) is 20.9 Å². The van der Waals surface area contributed by atoms with Gasteiger partial charge in [0.15, 0.2) is 5.43 Å². The van der Waals surface area contributed by atoms with Gasteiger partial charge in [0.25, 0.3) is 5.91 Å². The molecule has 2 aromatic carbocycles. The second kappa shape index (κ2) is 8.07. The zero-order valence-corrected chi connectivity index (χ0v) is 19.2. The number of anilines is 1. The van der Waals surface area contributed by atoms with Crippen LogP contribution in [-0.2, 0) is 0 Å². The highest BCUT2D eigenvalue weighted by molar-refractivity contribution is 9.10. The first-order valence-corrected chi connectivity index (χ1v) is 11.1. The van der Waals surface area contributed by atoms with Crippen molar-refractivity contribution < 1.29 is 13.9 Å². The topological polar surface area (TPSA) is 72.6 Å². The molecule has 3 heterocycles. The van der Waals surface area contributed by atoms with Crippen LogP contribution in [0.2, 0.25) is 5.02 Å². The van der Waals surface area contributed by atoms with Gasteiger partial charge in [-0.3, -0.25) is 14.5 Å². The first kappa shape index (κ1) is 20.7. The first-order chi connectivity index (χ1) is 15.5. The van der Waals surface area contributed by atoms with Gasteiger partial charge in [-0.05, 0) is 55.0 Å². The van der Waals surface area contributed by atoms with E-state index in [0.29, 0.717) is 39.7 Å². The zero-order chi connectivity index (χ0) is 22.4. The van der Waals surface area contributed by atoms with Gasteiger partial charge in [0.1, 0.15) is 17.2 Å². The molecular formula is C24H16BrClN2O4. The Hall–Kier alpha value is -3.16. The Kier molecular flexibility index (Phi) is 5.23. The third-order valence-corrected chi connectivity index (χ3v) is 5.99. The molecule has 5 rings (SSSR count). The number of aromatic nitrogens is 1. The molecule has 1 atom stereocenters. The highest BCUT2D eigenvalue weighted by atomic mass is 79.9. The maximum atomic E-state index is 13.6. The average molecular weight is 512 g/mol. The second-order valence-electron chi connectivity index (χ2n) is 7.23. The number of halogens is 2. The van der Waals surface area contributed by atoms with E-state index in [9.17, 15) is 9.59 Å². The quantitative estimate of drug-likeness (QED) is 0.349. The molecule has 6 nitrogen and oxygen atoms in total. The summed E-state index contributed by atoms with van der Waals surface area (Å²) in [7, 11) is 0. The number of nitrogens with zero attached hydrogens (tertiary/aromatic N) is 2. The lowest BCUT2D eigenvalue weighted by Crippen LogP contribution is -2.30. The summed E-state index contributed by atoms with van der Waals surface area (Å²) < 4.78 is 12.4. The van der Waals surface area contributed by atoms with Crippen LogP contribution < -0.4 is 15.1 Å². The molecule has 4 aromatic rings. The third kappa shape index (κ3) is 3.38. The van der Waals surface area contributed by atoms with Gasteiger partial charge in [-0.1, -0.05) is 39.7 Å². The van der Waals surface area contributed by atoms with Crippen LogP contribution in [0.15, 0.2) is 74.5 Å². The van der Waals surface area contributed by atoms with Gasteiger partial charge in [0.2, 0.25) is 5.76 Å². The normalized spacial score (nSPS) is 15.3. The van der Waals surface area contributed by atoms with Crippen molar-refractivity contribution in [2.24, 2.45) is 0 Å². The number of carbonyl (C=O) groups excluding carboxylic acids is 1. The summed E-state index contributed by atoms with van der Waals surface area (Å²) in [6.45, 7) is 2.39. The van der Waals surface area contributed by atoms with Crippen LogP contribution in [0.1, 0.15) is 34.6 Å². The fourth-order valence-electron chi connectivity index (χ4n) is 3.95. The predicted molar refractivity (Wildman–Crippen MR) is 126 cm³/mol. The van der Waals surface area contributed by atoms with Gasteiger partial charge in [-0.2, -0.15) is 0 Å². The Balaban J connectivity index is 1.79. The SMILES string of the molecule is CCOc1cccc(C2c3c(oc4ccc(Br)cc4c3=O)C(=O)N2c2ccc(Cl)cn2)c1. The number of fused-ring (bicyclic) bond motifs is 2. The second-order valence-corrected chi connectivity index (χ2v) is 8.58. The van der Waals surface area contributed by atoms with E-state index >= 15 is 0 Å². The number of amides is 1. The molecular weight excluding hydrogens is 496 g/mol. The number of benzene rings is 2. The predicted octanol–water partition coefficient (Wildman–Crippen LogP) is 5.75. The molecule has 0 aliphatic carbocycles. The Bertz CT molecular complexity index is 1420. The number of ether oxygens (including phenoxy) is 1. The standard InChI is InChI=1S/C24H16BrClN2O4/c1-2-31-16-5-3-4-13(10-16)21-20-22(29)17-11-14(25)6-8-18(17)32-23(20)24(30)28(21)19-9-7-15(26)12-27-19/h3-12,21H,2H2,1H3. The molecule has 0 saturated heterocycles. The minimum Gasteiger partial charge on any atom is -0.494 e. The monoisotopic (exact) mass is 510 g/mol. The summed E-state index contributed by atoms with van der Waals surface area (Å²) in [5.74, 6) is 0.571. The average Bonchev–Trinajstić information content (AvgIpc) is 3.08. The van der Waals surface area contributed by atoms with E-state index in [4.69, 9.17) is 20.8 Å². The van der Waals surface area contributed by atoms with Crippen LogP contribution in [0.3, 0.4) is 0 Å². The smallest absolute Gasteiger partial charge is 0.296 e. The van der Waals surface area contributed by atoms with Gasteiger partial charge in [-0.15, -0.1) is 0 Å². The minimum atomic E-state index is -0.730. The Morgan fingerprint density at radius 3 is 2.75 bits per heavy atom. The van der Waals surface area contributed by atoms with Crippen LogP contribution >= 0.6 is 27.5 Å². The molecule has 32 heavy (non-hydrogen) atoms. The molecule has 1 aliphatic heterocycles. The molecule has 8 heteroatoms. The summed E-state index contributed by atoms with van der Waals surface area (Å²) in [5.41, 5.74) is 1.06. The van der Waals surface area contributed by atoms with Gasteiger partial charge in [-0.25, -0.2) is 4.98 Å². The Morgan fingerprint density at radius 1 is 1.16 bits per heavy atom. The molecule has 0 bridgehead atoms. The summed E-state index contributed by atoms with van der Waals surface area (Å²) in [6.07, 6.45) is 1.46. The van der Waals surface area contributed by atoms with E-state index in [-0.39, 0.29) is 16.8 Å². The molecule has 1 amide bonds. The molecule has 0 radical (unpaired) electrons. The lowest BCUT2D eigenvalue weighted by atomic mass is 9.98. The van der Waals surface area contributed by atoms with Crippen molar-refractivity contribution in [3.8, 4) is 5.75 Å². The lowest BCUT2D eigenvalue weighted by molar-refractivity contribution is 0.0970. The summed E-state index contributed by atoms with van der Waals surface area (Å²) >= 11 is 9.41. The van der Waals surface area contributed by atoms with Crippen LogP contribution in [0.25, 0.3) is 11.0 Å². The van der Waals surface area contributed by atoms with Gasteiger partial charge in [0, 0.05) is 10.7 Å². The number of hydrogen-bond donors (Lipinski definition) is 0. The molecule has 2 aromatic heterocycles. The van der Waals surface area contributed by atoms with Crippen LogP contribution in [-0.4, -0.2) is 17.5 Å². The highest BCUT2D eigenvalue weighted by Crippen LogP contribution is 2.41. The lowest BCUT2D eigenvalue weighted by Gasteiger charge is -2.24. The van der Waals surface area contributed by atoms with Crippen molar-refractivity contribution in [1.29, 1.82) is 0 Å². The Morgan fingerprint density at radius 2 is 2.00 bits per heavy atom. The van der Waals surface area contributed by atoms with E-state index in [1.807, 2.05) is 31.2 Å². The molecule has 0 spiro atoms. The van der Waals surface area contributed by atoms with Crippen LogP contribution in [0, 0.1) is 0 Å². The first-order valence-electron chi connectivity index (χ1n) is 9.92. The van der Waals surface area contributed by atoms with Crippen molar-refractivity contribution >= 4 is 50.2 Å². The van der Waals surface area contributed by atoms with E-state index in [1.165, 1.54) is 11.1 Å². The summed E-state index contributed by atoms with van der Waals surface area (Å²) in [4.78, 5) is 32.9. The summed E-state index contributed by atoms with van der Waals surface area (Å²) in [5, 5.41) is 0.834. The van der Waals surface area contributed by atoms with Gasteiger partial charge < -0.3 is 9.15 Å². The molecule has 1 aliphatic rings. The molecule has 160 valence electrons. The van der Waals surface area contributed by atoms with Crippen molar-refractivity contribution in [3.63, 3.8) is 0 Å². The van der Waals surface area contributed by atoms with Gasteiger partial charge >= 0.3 is 0 Å². The third-order valence-electron chi connectivity index (χ3n) is 5.28. The summed E-state index contributed by atoms with van der Waals surface area (Å²) in [6, 6.07) is 15.0. The number of hydrogen-bond acceptors (Lipinski definition) is 5. The van der Waals surface area contributed by atoms with E-state index < -0.39 is 11.9 Å². The van der Waals surface area contributed by atoms with Crippen molar-refractivity contribution in [2.45, 2.75) is 13.0 Å². The largest absolute Gasteiger partial charge is 0.494 e. The van der Waals surface area contributed by atoms with Crippen molar-refractivity contribution in [2.75, 3.05) is 11.5 Å². The maximum absolute atomic E-state index is 13.6. The zero-order valence-electron chi connectivity index (χ0n) is 16.8. The minimum absolute atomic E-state index is 0.00776. The van der Waals surface area contributed by atoms with Crippen molar-refractivity contribution in [3.05, 3.63) is 97.4 Å². The van der Waals surface area contributed by atoms with Gasteiger partial charge in [0.05, 0.1) is 28.6 Å². The molecule has 1 unspecified atom stereocenters. The van der Waals surface area contributed by atoms with Crippen LogP contribution in [0.4, 0.5) is 5.82 Å². The molecule has 0 fully saturated rings. The van der Waals surface area contributed by atoms with E-state index in [0.717, 1.165) is 4.47 Å². The highest BCUT2D eigenvalue weighted by Gasteiger charge is 2.44. The number of pyridine rings is 1. The number of rotatable bonds is 4. The molecule has 0 N–H and O–H groups in total.